The van der Waals surface area contributed by atoms with E-state index in [2.05, 4.69) is 15.2 Å². The molecule has 2 aromatic heterocycles. The van der Waals surface area contributed by atoms with Crippen molar-refractivity contribution in [3.05, 3.63) is 78.3 Å². The number of nitrogens with one attached hydrogen (secondary N) is 2. The summed E-state index contributed by atoms with van der Waals surface area (Å²) in [6.45, 7) is 5.77. The molecular formula is C38H43N5O7. The molecule has 12 nitrogen and oxygen atoms in total. The van der Waals surface area contributed by atoms with Crippen LogP contribution in [0.5, 0.6) is 0 Å². The molecule has 1 aliphatic carbocycles. The molecule has 4 aromatic rings. The highest BCUT2D eigenvalue weighted by atomic mass is 16.6. The molecule has 1 aliphatic heterocycles. The molecule has 6 rings (SSSR count). The van der Waals surface area contributed by atoms with E-state index in [1.807, 2.05) is 12.1 Å². The fourth-order valence-electron chi connectivity index (χ4n) is 6.74. The predicted molar refractivity (Wildman–Crippen MR) is 189 cm³/mol. The summed E-state index contributed by atoms with van der Waals surface area (Å²) < 4.78 is 13.2. The van der Waals surface area contributed by atoms with E-state index in [1.165, 1.54) is 12.5 Å². The fraction of sp³-hybridized carbons (Fsp3) is 0.395. The Bertz CT molecular complexity index is 1890. The number of furan rings is 1. The zero-order valence-corrected chi connectivity index (χ0v) is 28.6. The first kappa shape index (κ1) is 34.5. The molecule has 1 saturated carbocycles. The number of hydrogen-bond acceptors (Lipinski definition) is 7. The van der Waals surface area contributed by atoms with Crippen LogP contribution in [0.15, 0.2) is 71.6 Å². The van der Waals surface area contributed by atoms with Gasteiger partial charge in [0.1, 0.15) is 23.2 Å². The topological polar surface area (TPSA) is 156 Å². The molecule has 0 bridgehead atoms. The van der Waals surface area contributed by atoms with Crippen molar-refractivity contribution in [1.82, 2.24) is 19.8 Å². The van der Waals surface area contributed by atoms with Gasteiger partial charge >= 0.3 is 12.1 Å². The number of aliphatic carboxylic acids is 1. The van der Waals surface area contributed by atoms with E-state index < -0.39 is 35.0 Å². The number of carboxylic acids is 1. The van der Waals surface area contributed by atoms with Crippen LogP contribution < -0.4 is 10.6 Å². The summed E-state index contributed by atoms with van der Waals surface area (Å²) in [6.07, 6.45) is 11.3. The number of fused-ring (bicyclic) bond motifs is 1. The van der Waals surface area contributed by atoms with Crippen LogP contribution in [0.4, 0.5) is 10.5 Å². The van der Waals surface area contributed by atoms with Crippen molar-refractivity contribution in [3.8, 4) is 11.4 Å². The number of piperidine rings is 1. The second-order valence-corrected chi connectivity index (χ2v) is 14.1. The largest absolute Gasteiger partial charge is 0.478 e. The van der Waals surface area contributed by atoms with Gasteiger partial charge in [0.15, 0.2) is 0 Å². The van der Waals surface area contributed by atoms with Gasteiger partial charge in [-0.15, -0.1) is 0 Å². The van der Waals surface area contributed by atoms with E-state index in [-0.39, 0.29) is 25.9 Å². The van der Waals surface area contributed by atoms with Gasteiger partial charge in [0.25, 0.3) is 5.91 Å². The molecule has 2 aliphatic rings. The van der Waals surface area contributed by atoms with Crippen molar-refractivity contribution in [2.45, 2.75) is 82.9 Å². The molecule has 3 N–H and O–H groups in total. The smallest absolute Gasteiger partial charge is 0.410 e. The maximum Gasteiger partial charge on any atom is 0.410 e. The minimum absolute atomic E-state index is 0.159. The number of benzene rings is 2. The van der Waals surface area contributed by atoms with E-state index in [4.69, 9.17) is 19.2 Å². The highest BCUT2D eigenvalue weighted by molar-refractivity contribution is 6.05. The maximum absolute atomic E-state index is 14.1. The number of carbonyl (C=O) groups is 4. The third-order valence-corrected chi connectivity index (χ3v) is 9.31. The molecule has 50 heavy (non-hydrogen) atoms. The fourth-order valence-corrected chi connectivity index (χ4v) is 6.74. The molecule has 1 saturated heterocycles. The molecule has 2 fully saturated rings. The van der Waals surface area contributed by atoms with Crippen molar-refractivity contribution in [2.75, 3.05) is 18.4 Å². The average molecular weight is 682 g/mol. The molecule has 3 heterocycles. The number of imidazole rings is 1. The van der Waals surface area contributed by atoms with Crippen molar-refractivity contribution in [2.24, 2.45) is 0 Å². The van der Waals surface area contributed by atoms with E-state index in [1.54, 1.807) is 74.6 Å². The van der Waals surface area contributed by atoms with E-state index >= 15 is 0 Å². The lowest BCUT2D eigenvalue weighted by Gasteiger charge is -2.41. The second kappa shape index (κ2) is 14.2. The van der Waals surface area contributed by atoms with Crippen LogP contribution in [0, 0.1) is 0 Å². The Hall–Kier alpha value is -5.39. The number of likely N-dealkylation sites (tertiary alicyclic amines) is 1. The van der Waals surface area contributed by atoms with Gasteiger partial charge in [0, 0.05) is 36.5 Å². The van der Waals surface area contributed by atoms with Crippen molar-refractivity contribution in [3.63, 3.8) is 0 Å². The second-order valence-electron chi connectivity index (χ2n) is 14.1. The Kier molecular flexibility index (Phi) is 9.81. The van der Waals surface area contributed by atoms with Gasteiger partial charge < -0.3 is 34.4 Å². The van der Waals surface area contributed by atoms with Gasteiger partial charge in [-0.2, -0.15) is 0 Å². The van der Waals surface area contributed by atoms with Crippen LogP contribution >= 0.6 is 0 Å². The average Bonchev–Trinajstić information content (AvgIpc) is 3.76. The molecule has 2 aromatic carbocycles. The Morgan fingerprint density at radius 1 is 1.00 bits per heavy atom. The van der Waals surface area contributed by atoms with E-state index in [0.717, 1.165) is 48.7 Å². The van der Waals surface area contributed by atoms with Crippen LogP contribution in [0.2, 0.25) is 0 Å². The summed E-state index contributed by atoms with van der Waals surface area (Å²) in [4.78, 5) is 58.3. The van der Waals surface area contributed by atoms with Crippen LogP contribution in [-0.4, -0.2) is 67.7 Å². The standard InChI is InChI=1S/C38H43N5O7/c1-37(2,3)50-36(48)42-20-18-38(19-21-42,35(47)39-28-13-9-25(10-14-28)11-16-32(44)45)41-34(46)26-12-15-31-30(23-26)40-33(27-17-22-49-24-27)43(31)29-7-5-4-6-8-29/h9-17,22-24,29H,4-8,18-21H2,1-3H3,(H,39,47)(H,41,46)(H,44,45)/b16-11+. The highest BCUT2D eigenvalue weighted by Crippen LogP contribution is 2.36. The molecule has 0 radical (unpaired) electrons. The van der Waals surface area contributed by atoms with Gasteiger partial charge in [-0.25, -0.2) is 14.6 Å². The molecule has 0 unspecified atom stereocenters. The number of hydrogen-bond donors (Lipinski definition) is 3. The van der Waals surface area contributed by atoms with Crippen molar-refractivity contribution >= 4 is 46.7 Å². The first-order valence-corrected chi connectivity index (χ1v) is 17.1. The summed E-state index contributed by atoms with van der Waals surface area (Å²) in [5, 5.41) is 14.9. The number of carbonyl (C=O) groups excluding carboxylic acids is 3. The zero-order chi connectivity index (χ0) is 35.5. The number of anilines is 1. The van der Waals surface area contributed by atoms with Gasteiger partial charge in [-0.1, -0.05) is 31.4 Å². The SMILES string of the molecule is CC(C)(C)OC(=O)N1CCC(NC(=O)c2ccc3c(c2)nc(-c2ccoc2)n3C2CCCCC2)(C(=O)Nc2ccc(/C=C/C(=O)O)cc2)CC1. The number of nitrogens with zero attached hydrogens (tertiary/aromatic N) is 3. The molecule has 0 atom stereocenters. The number of rotatable bonds is 8. The summed E-state index contributed by atoms with van der Waals surface area (Å²) in [6, 6.07) is 14.3. The van der Waals surface area contributed by atoms with Crippen LogP contribution in [-0.2, 0) is 14.3 Å². The normalized spacial score (nSPS) is 16.7. The molecule has 0 spiro atoms. The minimum atomic E-state index is -1.34. The lowest BCUT2D eigenvalue weighted by molar-refractivity contribution is -0.131. The maximum atomic E-state index is 14.1. The van der Waals surface area contributed by atoms with E-state index in [0.29, 0.717) is 28.4 Å². The highest BCUT2D eigenvalue weighted by Gasteiger charge is 2.44. The van der Waals surface area contributed by atoms with Crippen molar-refractivity contribution < 1.29 is 33.4 Å². The first-order chi connectivity index (χ1) is 23.9. The number of carboxylic acid groups (broad SMARTS) is 1. The Morgan fingerprint density at radius 3 is 2.36 bits per heavy atom. The molecule has 3 amide bonds. The van der Waals surface area contributed by atoms with Crippen LogP contribution in [0.3, 0.4) is 0 Å². The lowest BCUT2D eigenvalue weighted by Crippen LogP contribution is -2.62. The van der Waals surface area contributed by atoms with Crippen molar-refractivity contribution in [1.29, 1.82) is 0 Å². The van der Waals surface area contributed by atoms with E-state index in [9.17, 15) is 19.2 Å². The number of ether oxygens (including phenoxy) is 1. The summed E-state index contributed by atoms with van der Waals surface area (Å²) in [7, 11) is 0. The van der Waals surface area contributed by atoms with Gasteiger partial charge in [-0.05, 0) is 94.5 Å². The minimum Gasteiger partial charge on any atom is -0.478 e. The summed E-state index contributed by atoms with van der Waals surface area (Å²) >= 11 is 0. The quantitative estimate of drug-likeness (QED) is 0.167. The van der Waals surface area contributed by atoms with Gasteiger partial charge in [0.05, 0.1) is 22.9 Å². The van der Waals surface area contributed by atoms with Crippen LogP contribution in [0.25, 0.3) is 28.5 Å². The Morgan fingerprint density at radius 2 is 1.72 bits per heavy atom. The van der Waals surface area contributed by atoms with Crippen LogP contribution in [0.1, 0.15) is 87.7 Å². The summed E-state index contributed by atoms with van der Waals surface area (Å²) in [5.74, 6) is -1.12. The first-order valence-electron chi connectivity index (χ1n) is 17.1. The molecule has 262 valence electrons. The zero-order valence-electron chi connectivity index (χ0n) is 28.6. The third kappa shape index (κ3) is 7.74. The van der Waals surface area contributed by atoms with Gasteiger partial charge in [0.2, 0.25) is 5.91 Å². The molecular weight excluding hydrogens is 638 g/mol. The molecule has 12 heteroatoms. The number of amides is 3. The number of aromatic nitrogens is 2. The lowest BCUT2D eigenvalue weighted by atomic mass is 9.85. The Balaban J connectivity index is 1.27. The summed E-state index contributed by atoms with van der Waals surface area (Å²) in [5.41, 5.74) is 1.96. The Labute approximate surface area is 290 Å². The monoisotopic (exact) mass is 681 g/mol. The third-order valence-electron chi connectivity index (χ3n) is 9.31. The van der Waals surface area contributed by atoms with Gasteiger partial charge in [-0.3, -0.25) is 9.59 Å². The predicted octanol–water partition coefficient (Wildman–Crippen LogP) is 7.04.